The number of rotatable bonds is 4. The van der Waals surface area contributed by atoms with Crippen molar-refractivity contribution in [3.05, 3.63) is 70.8 Å². The maximum atomic E-state index is 13.2. The molecule has 1 N–H and O–H groups in total. The third-order valence-electron chi connectivity index (χ3n) is 4.22. The number of fused-ring (bicyclic) bond motifs is 1. The van der Waals surface area contributed by atoms with Gasteiger partial charge in [0.15, 0.2) is 5.82 Å². The molecule has 0 aliphatic heterocycles. The summed E-state index contributed by atoms with van der Waals surface area (Å²) in [5.41, 5.74) is -1.17. The molecule has 0 aliphatic carbocycles. The zero-order chi connectivity index (χ0) is 22.2. The minimum absolute atomic E-state index is 0.0576. The number of anilines is 2. The van der Waals surface area contributed by atoms with E-state index in [0.717, 1.165) is 29.7 Å². The molecule has 0 saturated heterocycles. The first-order valence-corrected chi connectivity index (χ1v) is 9.49. The Hall–Kier alpha value is -3.28. The fourth-order valence-electron chi connectivity index (χ4n) is 2.85. The van der Waals surface area contributed by atoms with E-state index in [9.17, 15) is 26.3 Å². The predicted molar refractivity (Wildman–Crippen MR) is 102 cm³/mol. The Bertz CT molecular complexity index is 1220. The topological polar surface area (TPSA) is 63.6 Å². The van der Waals surface area contributed by atoms with E-state index < -0.39 is 23.6 Å². The summed E-state index contributed by atoms with van der Waals surface area (Å²) in [6.45, 7) is 0. The molecule has 5 nitrogen and oxygen atoms in total. The summed E-state index contributed by atoms with van der Waals surface area (Å²) in [5, 5.41) is 3.21. The van der Waals surface area contributed by atoms with Gasteiger partial charge < -0.3 is 5.32 Å². The maximum absolute atomic E-state index is 13.2. The molecule has 0 spiro atoms. The molecule has 0 atom stereocenters. The van der Waals surface area contributed by atoms with Crippen molar-refractivity contribution in [2.24, 2.45) is 0 Å². The number of benzene rings is 1. The molecule has 1 aromatic carbocycles. The maximum Gasteiger partial charge on any atom is 0.433 e. The first-order valence-electron chi connectivity index (χ1n) is 8.67. The normalized spacial score (nSPS) is 12.3. The highest BCUT2D eigenvalue weighted by Gasteiger charge is 2.33. The van der Waals surface area contributed by atoms with Crippen molar-refractivity contribution in [1.82, 2.24) is 19.9 Å². The smallest absolute Gasteiger partial charge is 0.337 e. The third kappa shape index (κ3) is 4.58. The molecular formula is C19H11F6N5S. The van der Waals surface area contributed by atoms with Crippen LogP contribution in [0.5, 0.6) is 0 Å². The van der Waals surface area contributed by atoms with Crippen molar-refractivity contribution in [1.29, 1.82) is 0 Å². The summed E-state index contributed by atoms with van der Waals surface area (Å²) >= 11 is 1.11. The van der Waals surface area contributed by atoms with Gasteiger partial charge in [-0.15, -0.1) is 0 Å². The Morgan fingerprint density at radius 1 is 0.871 bits per heavy atom. The predicted octanol–water partition coefficient (Wildman–Crippen LogP) is 5.85. The van der Waals surface area contributed by atoms with E-state index >= 15 is 0 Å². The van der Waals surface area contributed by atoms with Crippen LogP contribution in [0.4, 0.5) is 37.8 Å². The summed E-state index contributed by atoms with van der Waals surface area (Å²) in [6, 6.07) is 7.23. The first-order chi connectivity index (χ1) is 14.6. The lowest BCUT2D eigenvalue weighted by molar-refractivity contribution is -0.141. The molecule has 0 unspecified atom stereocenters. The number of aromatic nitrogens is 4. The molecule has 12 heteroatoms. The lowest BCUT2D eigenvalue weighted by Gasteiger charge is -2.11. The quantitative estimate of drug-likeness (QED) is 0.391. The van der Waals surface area contributed by atoms with Crippen molar-refractivity contribution < 1.29 is 26.3 Å². The number of pyridine rings is 1. The number of hydrogen-bond acceptors (Lipinski definition) is 6. The Kier molecular flexibility index (Phi) is 5.25. The van der Waals surface area contributed by atoms with E-state index in [1.165, 1.54) is 30.6 Å². The van der Waals surface area contributed by atoms with Gasteiger partial charge in [-0.05, 0) is 23.8 Å². The van der Waals surface area contributed by atoms with Crippen LogP contribution in [-0.4, -0.2) is 19.9 Å². The molecule has 0 amide bonds. The van der Waals surface area contributed by atoms with E-state index in [2.05, 4.69) is 25.3 Å². The zero-order valence-corrected chi connectivity index (χ0v) is 16.1. The fraction of sp³-hybridized carbons (Fsp3) is 0.158. The van der Waals surface area contributed by atoms with Crippen LogP contribution in [0.1, 0.15) is 21.8 Å². The van der Waals surface area contributed by atoms with Crippen LogP contribution in [0.25, 0.3) is 10.3 Å². The second-order valence-electron chi connectivity index (χ2n) is 6.37. The molecule has 4 rings (SSSR count). The molecule has 0 fully saturated rings. The summed E-state index contributed by atoms with van der Waals surface area (Å²) < 4.78 is 77.7. The van der Waals surface area contributed by atoms with Gasteiger partial charge in [-0.25, -0.2) is 19.9 Å². The van der Waals surface area contributed by atoms with E-state index in [1.54, 1.807) is 0 Å². The SMILES string of the molecule is FC(F)(F)c1ccc(Nc2ncnc3sc(Cc4ccccc4C(F)(F)F)nc23)cn1. The van der Waals surface area contributed by atoms with Gasteiger partial charge in [-0.1, -0.05) is 29.5 Å². The summed E-state index contributed by atoms with van der Waals surface area (Å²) in [5.74, 6) is 0.207. The molecular weight excluding hydrogens is 444 g/mol. The van der Waals surface area contributed by atoms with E-state index in [-0.39, 0.29) is 23.5 Å². The van der Waals surface area contributed by atoms with E-state index in [4.69, 9.17) is 0 Å². The number of nitrogens with one attached hydrogen (secondary N) is 1. The van der Waals surface area contributed by atoms with Crippen LogP contribution in [0.2, 0.25) is 0 Å². The molecule has 3 aromatic heterocycles. The summed E-state index contributed by atoms with van der Waals surface area (Å²) in [7, 11) is 0. The average Bonchev–Trinajstić information content (AvgIpc) is 3.11. The lowest BCUT2D eigenvalue weighted by Crippen LogP contribution is -2.09. The second kappa shape index (κ2) is 7.76. The number of halogens is 6. The first kappa shape index (κ1) is 21.0. The molecule has 31 heavy (non-hydrogen) atoms. The van der Waals surface area contributed by atoms with Crippen molar-refractivity contribution in [2.45, 2.75) is 18.8 Å². The number of hydrogen-bond donors (Lipinski definition) is 1. The highest BCUT2D eigenvalue weighted by molar-refractivity contribution is 7.18. The van der Waals surface area contributed by atoms with Gasteiger partial charge in [0, 0.05) is 6.42 Å². The van der Waals surface area contributed by atoms with E-state index in [0.29, 0.717) is 15.4 Å². The van der Waals surface area contributed by atoms with Crippen LogP contribution >= 0.6 is 11.3 Å². The Balaban J connectivity index is 1.63. The summed E-state index contributed by atoms with van der Waals surface area (Å²) in [6.07, 6.45) is -6.87. The molecule has 3 heterocycles. The third-order valence-corrected chi connectivity index (χ3v) is 5.18. The standard InChI is InChI=1S/C19H11F6N5S/c20-18(21,22)12-4-2-1-3-10(12)7-14-30-15-16(27-9-28-17(15)31-14)29-11-5-6-13(26-8-11)19(23,24)25/h1-6,8-9H,7H2,(H,27,28,29). The van der Waals surface area contributed by atoms with Gasteiger partial charge >= 0.3 is 12.4 Å². The fourth-order valence-corrected chi connectivity index (χ4v) is 3.78. The monoisotopic (exact) mass is 455 g/mol. The minimum atomic E-state index is -4.56. The molecule has 0 radical (unpaired) electrons. The Labute approximate surface area is 174 Å². The Morgan fingerprint density at radius 2 is 1.65 bits per heavy atom. The van der Waals surface area contributed by atoms with Crippen LogP contribution in [0.15, 0.2) is 48.9 Å². The van der Waals surface area contributed by atoms with Crippen LogP contribution < -0.4 is 5.32 Å². The molecule has 0 saturated carbocycles. The van der Waals surface area contributed by atoms with Crippen molar-refractivity contribution in [3.63, 3.8) is 0 Å². The highest BCUT2D eigenvalue weighted by atomic mass is 32.1. The highest BCUT2D eigenvalue weighted by Crippen LogP contribution is 2.34. The second-order valence-corrected chi connectivity index (χ2v) is 7.43. The number of alkyl halides is 6. The van der Waals surface area contributed by atoms with Gasteiger partial charge in [0.05, 0.1) is 17.4 Å². The molecule has 0 bridgehead atoms. The van der Waals surface area contributed by atoms with Gasteiger partial charge in [-0.3, -0.25) is 0 Å². The van der Waals surface area contributed by atoms with Crippen LogP contribution in [0.3, 0.4) is 0 Å². The van der Waals surface area contributed by atoms with Crippen molar-refractivity contribution in [2.75, 3.05) is 5.32 Å². The minimum Gasteiger partial charge on any atom is -0.337 e. The Morgan fingerprint density at radius 3 is 2.32 bits per heavy atom. The largest absolute Gasteiger partial charge is 0.433 e. The van der Waals surface area contributed by atoms with Crippen LogP contribution in [0, 0.1) is 0 Å². The van der Waals surface area contributed by atoms with Gasteiger partial charge in [0.25, 0.3) is 0 Å². The van der Waals surface area contributed by atoms with Gasteiger partial charge in [-0.2, -0.15) is 26.3 Å². The average molecular weight is 455 g/mol. The van der Waals surface area contributed by atoms with Gasteiger partial charge in [0.1, 0.15) is 27.4 Å². The lowest BCUT2D eigenvalue weighted by atomic mass is 10.0. The van der Waals surface area contributed by atoms with E-state index in [1.807, 2.05) is 0 Å². The molecule has 0 aliphatic rings. The zero-order valence-electron chi connectivity index (χ0n) is 15.3. The van der Waals surface area contributed by atoms with Gasteiger partial charge in [0.2, 0.25) is 0 Å². The molecule has 4 aromatic rings. The summed E-state index contributed by atoms with van der Waals surface area (Å²) in [4.78, 5) is 16.3. The number of nitrogens with zero attached hydrogens (tertiary/aromatic N) is 4. The molecule has 160 valence electrons. The van der Waals surface area contributed by atoms with Crippen LogP contribution in [-0.2, 0) is 18.8 Å². The number of thiazole rings is 1. The van der Waals surface area contributed by atoms with Crippen molar-refractivity contribution >= 4 is 33.2 Å². The van der Waals surface area contributed by atoms with Crippen molar-refractivity contribution in [3.8, 4) is 0 Å².